The summed E-state index contributed by atoms with van der Waals surface area (Å²) in [6, 6.07) is 26.2. The highest BCUT2D eigenvalue weighted by molar-refractivity contribution is 6.11. The minimum Gasteiger partial charge on any atom is -0.309 e. The number of hydrogen-bond donors (Lipinski definition) is 0. The maximum absolute atomic E-state index is 15.2. The molecule has 20 heteroatoms. The Morgan fingerprint density at radius 3 is 0.865 bits per heavy atom. The lowest BCUT2D eigenvalue weighted by molar-refractivity contribution is -0.144. The van der Waals surface area contributed by atoms with Crippen LogP contribution >= 0.6 is 0 Å². The number of benzene rings is 8. The molecule has 0 aliphatic heterocycles. The minimum absolute atomic E-state index is 0.0226. The molecule has 2 heterocycles. The number of para-hydroxylation sites is 2. The van der Waals surface area contributed by atoms with E-state index in [0.29, 0.717) is 57.9 Å². The predicted molar refractivity (Wildman–Crippen MR) is 241 cm³/mol. The third kappa shape index (κ3) is 8.82. The van der Waals surface area contributed by atoms with E-state index in [4.69, 9.17) is 0 Å². The molecule has 378 valence electrons. The van der Waals surface area contributed by atoms with E-state index in [0.717, 1.165) is 24.3 Å². The first-order valence-electron chi connectivity index (χ1n) is 21.6. The zero-order chi connectivity index (χ0) is 53.2. The molecular weight excluding hydrogens is 1020 g/mol. The topological polar surface area (TPSA) is 9.86 Å². The van der Waals surface area contributed by atoms with Gasteiger partial charge in [-0.1, -0.05) is 60.7 Å². The summed E-state index contributed by atoms with van der Waals surface area (Å²) < 4.78 is 261. The Kier molecular flexibility index (Phi) is 11.3. The third-order valence-corrected chi connectivity index (χ3v) is 12.6. The lowest BCUT2D eigenvalue weighted by atomic mass is 9.93. The van der Waals surface area contributed by atoms with Gasteiger partial charge in [-0.2, -0.15) is 79.0 Å². The SMILES string of the molecule is FC(F)(F)c1cc(-c2ccc3c4ccccc4n(-c4ccc(C(F)(F)F)c(-c5cc(-n6c7ccccc7c7ccc(-c8cc(C(F)(F)F)cc(C(F)(F)F)c8)cc76)ccc5C(F)(F)F)c4)c3c2)cc(C(F)(F)F)c1. The van der Waals surface area contributed by atoms with Crippen molar-refractivity contribution in [1.29, 1.82) is 0 Å². The van der Waals surface area contributed by atoms with Crippen molar-refractivity contribution >= 4 is 43.6 Å². The van der Waals surface area contributed by atoms with Gasteiger partial charge in [0.1, 0.15) is 0 Å². The zero-order valence-corrected chi connectivity index (χ0v) is 36.7. The Morgan fingerprint density at radius 1 is 0.243 bits per heavy atom. The van der Waals surface area contributed by atoms with E-state index in [-0.39, 0.29) is 56.7 Å². The largest absolute Gasteiger partial charge is 0.417 e. The van der Waals surface area contributed by atoms with Gasteiger partial charge >= 0.3 is 37.1 Å². The molecule has 74 heavy (non-hydrogen) atoms. The molecular formula is C54H26F18N2. The normalized spacial score (nSPS) is 13.3. The fraction of sp³-hybridized carbons (Fsp3) is 0.111. The van der Waals surface area contributed by atoms with Crippen molar-refractivity contribution in [3.63, 3.8) is 0 Å². The average molecular weight is 1040 g/mol. The number of hydrogen-bond acceptors (Lipinski definition) is 0. The molecule has 0 amide bonds. The van der Waals surface area contributed by atoms with E-state index in [1.807, 2.05) is 0 Å². The minimum atomic E-state index is -5.34. The molecule has 0 spiro atoms. The first-order chi connectivity index (χ1) is 34.5. The van der Waals surface area contributed by atoms with E-state index in [1.165, 1.54) is 69.8 Å². The van der Waals surface area contributed by atoms with Gasteiger partial charge in [0.2, 0.25) is 0 Å². The Bertz CT molecular complexity index is 3560. The highest BCUT2D eigenvalue weighted by atomic mass is 19.4. The van der Waals surface area contributed by atoms with E-state index in [1.54, 1.807) is 24.3 Å². The highest BCUT2D eigenvalue weighted by Crippen LogP contribution is 2.48. The predicted octanol–water partition coefficient (Wildman–Crippen LogP) is 19.0. The molecule has 0 saturated carbocycles. The van der Waals surface area contributed by atoms with Crippen LogP contribution in [0.3, 0.4) is 0 Å². The van der Waals surface area contributed by atoms with Gasteiger partial charge < -0.3 is 9.13 Å². The maximum Gasteiger partial charge on any atom is 0.417 e. The van der Waals surface area contributed by atoms with Crippen LogP contribution in [-0.4, -0.2) is 9.13 Å². The maximum atomic E-state index is 15.2. The van der Waals surface area contributed by atoms with Gasteiger partial charge in [-0.3, -0.25) is 0 Å². The summed E-state index contributed by atoms with van der Waals surface area (Å²) >= 11 is 0. The van der Waals surface area contributed by atoms with E-state index < -0.39 is 92.7 Å². The summed E-state index contributed by atoms with van der Waals surface area (Å²) in [5, 5.41) is 1.38. The number of alkyl halides is 18. The molecule has 0 saturated heterocycles. The second kappa shape index (κ2) is 16.8. The monoisotopic (exact) mass is 1040 g/mol. The fourth-order valence-electron chi connectivity index (χ4n) is 9.38. The number of fused-ring (bicyclic) bond motifs is 6. The van der Waals surface area contributed by atoms with Crippen molar-refractivity contribution in [1.82, 2.24) is 9.13 Å². The molecule has 0 N–H and O–H groups in total. The van der Waals surface area contributed by atoms with E-state index in [2.05, 4.69) is 0 Å². The Labute approximate surface area is 403 Å². The molecule has 10 aromatic rings. The van der Waals surface area contributed by atoms with Crippen molar-refractivity contribution in [3.8, 4) is 44.8 Å². The van der Waals surface area contributed by atoms with Crippen molar-refractivity contribution in [3.05, 3.63) is 191 Å². The van der Waals surface area contributed by atoms with Gasteiger partial charge in [-0.05, 0) is 130 Å². The van der Waals surface area contributed by atoms with Crippen LogP contribution in [0.15, 0.2) is 158 Å². The van der Waals surface area contributed by atoms with Crippen molar-refractivity contribution in [2.75, 3.05) is 0 Å². The molecule has 0 atom stereocenters. The molecule has 0 unspecified atom stereocenters. The number of aromatic nitrogens is 2. The Balaban J connectivity index is 1.22. The van der Waals surface area contributed by atoms with Gasteiger partial charge in [0.05, 0.1) is 55.4 Å². The van der Waals surface area contributed by atoms with Crippen LogP contribution in [0, 0.1) is 0 Å². The lowest BCUT2D eigenvalue weighted by Crippen LogP contribution is -2.12. The van der Waals surface area contributed by atoms with Gasteiger partial charge in [-0.25, -0.2) is 0 Å². The number of nitrogens with zero attached hydrogens (tertiary/aromatic N) is 2. The quantitative estimate of drug-likeness (QED) is 0.152. The van der Waals surface area contributed by atoms with Crippen LogP contribution < -0.4 is 0 Å². The summed E-state index contributed by atoms with van der Waals surface area (Å²) in [6.07, 6.45) is -31.6. The standard InChI is InChI=1S/C54H26F18N2/c55-49(56,57)31-17-29(18-32(23-31)50(58,59)60)27-9-13-39-37-5-1-3-7-45(37)73(47(39)21-27)35-11-15-43(53(67,68)69)41(25-35)42-26-36(12-16-44(42)54(70,71)72)74-46-8-4-2-6-38(46)40-14-10-28(22-48(40)74)30-19-33(51(61,62)63)24-34(20-30)52(64,65)66/h1-26H. The summed E-state index contributed by atoms with van der Waals surface area (Å²) in [4.78, 5) is 0. The smallest absolute Gasteiger partial charge is 0.309 e. The summed E-state index contributed by atoms with van der Waals surface area (Å²) in [7, 11) is 0. The van der Waals surface area contributed by atoms with Crippen LogP contribution in [0.5, 0.6) is 0 Å². The summed E-state index contributed by atoms with van der Waals surface area (Å²) in [5.41, 5.74) is -13.2. The Hall–Kier alpha value is -7.90. The first-order valence-corrected chi connectivity index (χ1v) is 21.6. The zero-order valence-electron chi connectivity index (χ0n) is 36.7. The number of rotatable bonds is 5. The molecule has 0 radical (unpaired) electrons. The molecule has 0 aliphatic carbocycles. The molecule has 2 aromatic heterocycles. The second-order valence-corrected chi connectivity index (χ2v) is 17.2. The molecule has 10 rings (SSSR count). The average Bonchev–Trinajstić information content (AvgIpc) is 3.84. The molecule has 0 fully saturated rings. The van der Waals surface area contributed by atoms with Crippen molar-refractivity contribution in [2.24, 2.45) is 0 Å². The fourth-order valence-corrected chi connectivity index (χ4v) is 9.38. The lowest BCUT2D eigenvalue weighted by Gasteiger charge is -2.21. The molecule has 0 aliphatic rings. The van der Waals surface area contributed by atoms with E-state index >= 15 is 26.3 Å². The van der Waals surface area contributed by atoms with Gasteiger partial charge in [-0.15, -0.1) is 0 Å². The van der Waals surface area contributed by atoms with Gasteiger partial charge in [0, 0.05) is 32.9 Å². The van der Waals surface area contributed by atoms with Gasteiger partial charge in [0.25, 0.3) is 0 Å². The van der Waals surface area contributed by atoms with Crippen LogP contribution in [0.4, 0.5) is 79.0 Å². The van der Waals surface area contributed by atoms with Crippen LogP contribution in [0.25, 0.3) is 88.4 Å². The van der Waals surface area contributed by atoms with Crippen molar-refractivity contribution in [2.45, 2.75) is 37.1 Å². The molecule has 0 bridgehead atoms. The van der Waals surface area contributed by atoms with Crippen LogP contribution in [0.1, 0.15) is 33.4 Å². The van der Waals surface area contributed by atoms with Crippen molar-refractivity contribution < 1.29 is 79.0 Å². The molecule has 8 aromatic carbocycles. The van der Waals surface area contributed by atoms with Crippen LogP contribution in [-0.2, 0) is 37.1 Å². The molecule has 2 nitrogen and oxygen atoms in total. The second-order valence-electron chi connectivity index (χ2n) is 17.2. The highest BCUT2D eigenvalue weighted by Gasteiger charge is 2.41. The Morgan fingerprint density at radius 2 is 0.554 bits per heavy atom. The summed E-state index contributed by atoms with van der Waals surface area (Å²) in [5.74, 6) is 0. The van der Waals surface area contributed by atoms with Crippen LogP contribution in [0.2, 0.25) is 0 Å². The van der Waals surface area contributed by atoms with E-state index in [9.17, 15) is 52.7 Å². The van der Waals surface area contributed by atoms with Gasteiger partial charge in [0.15, 0.2) is 0 Å². The third-order valence-electron chi connectivity index (χ3n) is 12.6. The number of halogens is 18. The first kappa shape index (κ1) is 49.7. The summed E-state index contributed by atoms with van der Waals surface area (Å²) in [6.45, 7) is 0.